The Hall–Kier alpha value is -1.75. The number of ether oxygens (including phenoxy) is 1. The van der Waals surface area contributed by atoms with Gasteiger partial charge in [-0.3, -0.25) is 0 Å². The second-order valence-electron chi connectivity index (χ2n) is 7.87. The molecule has 0 radical (unpaired) electrons. The summed E-state index contributed by atoms with van der Waals surface area (Å²) in [4.78, 5) is 0. The van der Waals surface area contributed by atoms with E-state index >= 15 is 0 Å². The molecule has 0 aromatic heterocycles. The number of halogens is 1. The first-order valence-electron chi connectivity index (χ1n) is 9.42. The number of fused-ring (bicyclic) bond motifs is 1. The number of aliphatic hydroxyl groups is 1. The van der Waals surface area contributed by atoms with Gasteiger partial charge in [-0.1, -0.05) is 36.4 Å². The van der Waals surface area contributed by atoms with Gasteiger partial charge in [-0.05, 0) is 52.3 Å². The van der Waals surface area contributed by atoms with Gasteiger partial charge in [0, 0.05) is 23.4 Å². The van der Waals surface area contributed by atoms with Crippen LogP contribution in [0.15, 0.2) is 48.5 Å². The van der Waals surface area contributed by atoms with E-state index in [4.69, 9.17) is 4.74 Å². The molecule has 2 unspecified atom stereocenters. The highest BCUT2D eigenvalue weighted by Crippen LogP contribution is 2.41. The molecule has 1 aliphatic rings. The highest BCUT2D eigenvalue weighted by atomic mass is 35.5. The number of anilines is 1. The summed E-state index contributed by atoms with van der Waals surface area (Å²) in [6, 6.07) is 16.8. The largest absolute Gasteiger partial charge is 0.485 e. The van der Waals surface area contributed by atoms with Crippen LogP contribution in [0.3, 0.4) is 0 Å². The predicted octanol–water partition coefficient (Wildman–Crippen LogP) is 4.33. The maximum Gasteiger partial charge on any atom is 0.131 e. The summed E-state index contributed by atoms with van der Waals surface area (Å²) in [7, 11) is 0. The molecular weight excluding hydrogens is 360 g/mol. The van der Waals surface area contributed by atoms with Crippen molar-refractivity contribution in [1.29, 1.82) is 0 Å². The summed E-state index contributed by atoms with van der Waals surface area (Å²) in [5.74, 6) is 0.836. The van der Waals surface area contributed by atoms with Crippen molar-refractivity contribution in [2.45, 2.75) is 57.9 Å². The van der Waals surface area contributed by atoms with Gasteiger partial charge in [-0.15, -0.1) is 12.4 Å². The van der Waals surface area contributed by atoms with Gasteiger partial charge in [0.2, 0.25) is 0 Å². The summed E-state index contributed by atoms with van der Waals surface area (Å²) >= 11 is 0. The van der Waals surface area contributed by atoms with E-state index in [0.717, 1.165) is 30.0 Å². The van der Waals surface area contributed by atoms with Crippen molar-refractivity contribution < 1.29 is 9.84 Å². The molecule has 0 amide bonds. The van der Waals surface area contributed by atoms with Gasteiger partial charge in [-0.25, -0.2) is 0 Å². The van der Waals surface area contributed by atoms with Crippen LogP contribution in [0, 0.1) is 0 Å². The summed E-state index contributed by atoms with van der Waals surface area (Å²) < 4.78 is 6.12. The highest BCUT2D eigenvalue weighted by Gasteiger charge is 2.42. The van der Waals surface area contributed by atoms with Crippen LogP contribution in [0.5, 0.6) is 5.75 Å². The Balaban J connectivity index is 0.00000261. The van der Waals surface area contributed by atoms with Gasteiger partial charge >= 0.3 is 0 Å². The fourth-order valence-electron chi connectivity index (χ4n) is 3.46. The molecule has 3 N–H and O–H groups in total. The standard InChI is InChI=1S/C22H30N2O2.ClH/c1-15(2)24-17-10-11-18-19(14-17)26-22(3,4)21(25)20(18)23-13-12-16-8-6-5-7-9-16;/h5-11,14-15,20-21,23-25H,12-13H2,1-4H3;1H. The third kappa shape index (κ3) is 5.16. The van der Waals surface area contributed by atoms with E-state index in [1.165, 1.54) is 5.56 Å². The fourth-order valence-corrected chi connectivity index (χ4v) is 3.46. The lowest BCUT2D eigenvalue weighted by Gasteiger charge is -2.42. The summed E-state index contributed by atoms with van der Waals surface area (Å²) in [6.07, 6.45) is 0.308. The SMILES string of the molecule is CC(C)Nc1ccc2c(c1)OC(C)(C)C(O)C2NCCc1ccccc1.Cl. The molecule has 27 heavy (non-hydrogen) atoms. The monoisotopic (exact) mass is 390 g/mol. The summed E-state index contributed by atoms with van der Waals surface area (Å²) in [5.41, 5.74) is 2.69. The zero-order chi connectivity index (χ0) is 18.7. The van der Waals surface area contributed by atoms with Crippen LogP contribution in [0.1, 0.15) is 44.9 Å². The predicted molar refractivity (Wildman–Crippen MR) is 114 cm³/mol. The molecule has 1 aliphatic heterocycles. The molecule has 0 spiro atoms. The number of nitrogens with one attached hydrogen (secondary N) is 2. The quantitative estimate of drug-likeness (QED) is 0.687. The third-order valence-corrected chi connectivity index (χ3v) is 4.83. The molecule has 1 heterocycles. The molecule has 3 rings (SSSR count). The first kappa shape index (κ1) is 21.5. The van der Waals surface area contributed by atoms with E-state index in [0.29, 0.717) is 6.04 Å². The van der Waals surface area contributed by atoms with Crippen molar-refractivity contribution in [1.82, 2.24) is 5.32 Å². The van der Waals surface area contributed by atoms with Gasteiger partial charge in [0.1, 0.15) is 17.5 Å². The van der Waals surface area contributed by atoms with Crippen molar-refractivity contribution in [3.8, 4) is 5.75 Å². The Bertz CT molecular complexity index is 734. The van der Waals surface area contributed by atoms with Gasteiger partial charge in [0.05, 0.1) is 6.04 Å². The molecule has 148 valence electrons. The Labute approximate surface area is 168 Å². The molecule has 5 heteroatoms. The van der Waals surface area contributed by atoms with E-state index in [9.17, 15) is 5.11 Å². The summed E-state index contributed by atoms with van der Waals surface area (Å²) in [5, 5.41) is 17.8. The van der Waals surface area contributed by atoms with Crippen molar-refractivity contribution in [3.63, 3.8) is 0 Å². The van der Waals surface area contributed by atoms with E-state index in [1.807, 2.05) is 26.0 Å². The van der Waals surface area contributed by atoms with E-state index in [2.05, 4.69) is 60.9 Å². The minimum absolute atomic E-state index is 0. The lowest BCUT2D eigenvalue weighted by molar-refractivity contribution is -0.0643. The summed E-state index contributed by atoms with van der Waals surface area (Å²) in [6.45, 7) is 8.90. The molecule has 0 saturated carbocycles. The minimum Gasteiger partial charge on any atom is -0.485 e. The second-order valence-corrected chi connectivity index (χ2v) is 7.87. The topological polar surface area (TPSA) is 53.5 Å². The normalized spacial score (nSPS) is 20.4. The Morgan fingerprint density at radius 1 is 1.11 bits per heavy atom. The van der Waals surface area contributed by atoms with Crippen molar-refractivity contribution in [2.75, 3.05) is 11.9 Å². The molecule has 0 fully saturated rings. The average molecular weight is 391 g/mol. The maximum absolute atomic E-state index is 10.9. The molecule has 0 bridgehead atoms. The second kappa shape index (κ2) is 8.96. The number of aliphatic hydroxyl groups excluding tert-OH is 1. The first-order chi connectivity index (χ1) is 12.4. The molecule has 2 aromatic carbocycles. The Morgan fingerprint density at radius 2 is 1.81 bits per heavy atom. The zero-order valence-electron chi connectivity index (χ0n) is 16.5. The smallest absolute Gasteiger partial charge is 0.131 e. The van der Waals surface area contributed by atoms with Crippen molar-refractivity contribution in [3.05, 3.63) is 59.7 Å². The van der Waals surface area contributed by atoms with E-state index < -0.39 is 11.7 Å². The first-order valence-corrected chi connectivity index (χ1v) is 9.42. The van der Waals surface area contributed by atoms with Crippen LogP contribution in [0.4, 0.5) is 5.69 Å². The molecule has 2 aromatic rings. The zero-order valence-corrected chi connectivity index (χ0v) is 17.3. The minimum atomic E-state index is -0.645. The van der Waals surface area contributed by atoms with Crippen LogP contribution in [-0.2, 0) is 6.42 Å². The van der Waals surface area contributed by atoms with E-state index in [-0.39, 0.29) is 18.4 Å². The molecular formula is C22H31ClN2O2. The van der Waals surface area contributed by atoms with Crippen LogP contribution in [0.2, 0.25) is 0 Å². The molecule has 4 nitrogen and oxygen atoms in total. The van der Waals surface area contributed by atoms with Gasteiger partial charge in [-0.2, -0.15) is 0 Å². The third-order valence-electron chi connectivity index (χ3n) is 4.83. The average Bonchev–Trinajstić information content (AvgIpc) is 2.58. The Kier molecular flexibility index (Phi) is 7.15. The molecule has 2 atom stereocenters. The number of rotatable bonds is 6. The van der Waals surface area contributed by atoms with Crippen molar-refractivity contribution in [2.24, 2.45) is 0 Å². The van der Waals surface area contributed by atoms with Crippen LogP contribution in [-0.4, -0.2) is 29.4 Å². The highest BCUT2D eigenvalue weighted by molar-refractivity contribution is 5.85. The number of hydrogen-bond donors (Lipinski definition) is 3. The van der Waals surface area contributed by atoms with Gasteiger partial charge in [0.25, 0.3) is 0 Å². The number of benzene rings is 2. The Morgan fingerprint density at radius 3 is 2.48 bits per heavy atom. The van der Waals surface area contributed by atoms with Crippen LogP contribution in [0.25, 0.3) is 0 Å². The maximum atomic E-state index is 10.9. The van der Waals surface area contributed by atoms with Gasteiger partial charge in [0.15, 0.2) is 0 Å². The van der Waals surface area contributed by atoms with E-state index in [1.54, 1.807) is 0 Å². The lowest BCUT2D eigenvalue weighted by Crippen LogP contribution is -2.52. The molecule has 0 aliphatic carbocycles. The fraction of sp³-hybridized carbons (Fsp3) is 0.455. The van der Waals surface area contributed by atoms with Crippen molar-refractivity contribution >= 4 is 18.1 Å². The van der Waals surface area contributed by atoms with Crippen LogP contribution < -0.4 is 15.4 Å². The van der Waals surface area contributed by atoms with Crippen LogP contribution >= 0.6 is 12.4 Å². The number of hydrogen-bond acceptors (Lipinski definition) is 4. The lowest BCUT2D eigenvalue weighted by atomic mass is 9.86. The molecule has 0 saturated heterocycles. The van der Waals surface area contributed by atoms with Gasteiger partial charge < -0.3 is 20.5 Å².